The highest BCUT2D eigenvalue weighted by Gasteiger charge is 2.43. The molecule has 0 unspecified atom stereocenters. The number of pyridine rings is 2. The van der Waals surface area contributed by atoms with Crippen molar-refractivity contribution in [2.75, 3.05) is 13.1 Å². The van der Waals surface area contributed by atoms with Crippen molar-refractivity contribution in [3.8, 4) is 11.4 Å². The Kier molecular flexibility index (Phi) is 6.96. The van der Waals surface area contributed by atoms with Crippen LogP contribution in [0.15, 0.2) is 36.8 Å². The van der Waals surface area contributed by atoms with Crippen LogP contribution in [0.1, 0.15) is 61.1 Å². The first-order valence-electron chi connectivity index (χ1n) is 12.9. The fourth-order valence-electron chi connectivity index (χ4n) is 5.08. The predicted molar refractivity (Wildman–Crippen MR) is 137 cm³/mol. The number of amides is 1. The summed E-state index contributed by atoms with van der Waals surface area (Å²) in [7, 11) is 0. The molecule has 1 aliphatic carbocycles. The van der Waals surface area contributed by atoms with Gasteiger partial charge in [0.15, 0.2) is 5.82 Å². The Morgan fingerprint density at radius 3 is 2.55 bits per heavy atom. The van der Waals surface area contributed by atoms with Crippen LogP contribution >= 0.6 is 0 Å². The number of piperazine rings is 1. The van der Waals surface area contributed by atoms with Gasteiger partial charge >= 0.3 is 0 Å². The lowest BCUT2D eigenvalue weighted by Gasteiger charge is -2.44. The van der Waals surface area contributed by atoms with Gasteiger partial charge in [0.2, 0.25) is 0 Å². The highest BCUT2D eigenvalue weighted by molar-refractivity contribution is 5.96. The van der Waals surface area contributed by atoms with Crippen molar-refractivity contribution >= 4 is 5.91 Å². The van der Waals surface area contributed by atoms with Crippen LogP contribution in [-0.2, 0) is 12.1 Å². The van der Waals surface area contributed by atoms with Crippen LogP contribution in [0, 0.1) is 24.5 Å². The highest BCUT2D eigenvalue weighted by Crippen LogP contribution is 2.44. The second-order valence-electron chi connectivity index (χ2n) is 10.7. The van der Waals surface area contributed by atoms with Gasteiger partial charge < -0.3 is 10.0 Å². The number of aromatic nitrogens is 4. The lowest BCUT2D eigenvalue weighted by Crippen LogP contribution is -2.57. The van der Waals surface area contributed by atoms with Crippen molar-refractivity contribution < 1.29 is 18.7 Å². The van der Waals surface area contributed by atoms with E-state index in [9.17, 15) is 18.7 Å². The van der Waals surface area contributed by atoms with Crippen molar-refractivity contribution in [1.29, 1.82) is 0 Å². The van der Waals surface area contributed by atoms with E-state index in [2.05, 4.69) is 24.8 Å². The molecule has 0 aromatic carbocycles. The normalized spacial score (nSPS) is 21.8. The average Bonchev–Trinajstić information content (AvgIpc) is 3.74. The Morgan fingerprint density at radius 2 is 1.84 bits per heavy atom. The van der Waals surface area contributed by atoms with Gasteiger partial charge in [0.05, 0.1) is 23.3 Å². The maximum atomic E-state index is 14.2. The zero-order valence-corrected chi connectivity index (χ0v) is 22.0. The molecule has 0 radical (unpaired) electrons. The van der Waals surface area contributed by atoms with Gasteiger partial charge in [-0.05, 0) is 64.2 Å². The molecule has 3 aromatic heterocycles. The Morgan fingerprint density at radius 1 is 1.08 bits per heavy atom. The van der Waals surface area contributed by atoms with E-state index in [1.807, 2.05) is 25.7 Å². The Bertz CT molecular complexity index is 1360. The molecule has 1 saturated carbocycles. The van der Waals surface area contributed by atoms with Gasteiger partial charge in [0.25, 0.3) is 5.91 Å². The lowest BCUT2D eigenvalue weighted by atomic mass is 9.99. The smallest absolute Gasteiger partial charge is 0.254 e. The third-order valence-corrected chi connectivity index (χ3v) is 7.69. The van der Waals surface area contributed by atoms with E-state index < -0.39 is 17.2 Å². The van der Waals surface area contributed by atoms with Crippen LogP contribution in [0.4, 0.5) is 8.78 Å². The molecule has 2 aliphatic rings. The maximum absolute atomic E-state index is 14.2. The molecule has 1 amide bonds. The Balaban J connectivity index is 1.35. The van der Waals surface area contributed by atoms with Gasteiger partial charge in [0, 0.05) is 55.7 Å². The van der Waals surface area contributed by atoms with Gasteiger partial charge in [-0.2, -0.15) is 0 Å². The summed E-state index contributed by atoms with van der Waals surface area (Å²) in [5.41, 5.74) is 1.44. The molecule has 8 nitrogen and oxygen atoms in total. The average molecular weight is 523 g/mol. The van der Waals surface area contributed by atoms with Gasteiger partial charge in [-0.15, -0.1) is 0 Å². The van der Waals surface area contributed by atoms with E-state index in [0.29, 0.717) is 35.9 Å². The number of halogens is 2. The molecular weight excluding hydrogens is 490 g/mol. The predicted octanol–water partition coefficient (Wildman–Crippen LogP) is 3.87. The molecule has 0 spiro atoms. The number of hydrogen-bond donors (Lipinski definition) is 1. The van der Waals surface area contributed by atoms with Crippen LogP contribution in [0.3, 0.4) is 0 Å². The van der Waals surface area contributed by atoms with Crippen LogP contribution < -0.4 is 0 Å². The summed E-state index contributed by atoms with van der Waals surface area (Å²) in [5, 5.41) is 10.9. The summed E-state index contributed by atoms with van der Waals surface area (Å²) in [6.45, 7) is 8.73. The first-order chi connectivity index (χ1) is 18.0. The highest BCUT2D eigenvalue weighted by atomic mass is 19.1. The first-order valence-corrected chi connectivity index (χ1v) is 12.9. The Labute approximate surface area is 220 Å². The number of nitrogens with zero attached hydrogens (tertiary/aromatic N) is 6. The zero-order valence-electron chi connectivity index (χ0n) is 22.0. The SMILES string of the molecule is Cc1cnc(-c2ccnc([C@@](C)(O)C3CC3)n2)cc1C(=O)N1C[C@H](C)N(Cc2ncc(F)cc2F)C[C@H]1C. The molecule has 0 bridgehead atoms. The first kappa shape index (κ1) is 26.2. The van der Waals surface area contributed by atoms with E-state index in [1.54, 1.807) is 31.5 Å². The van der Waals surface area contributed by atoms with Gasteiger partial charge in [-0.1, -0.05) is 0 Å². The van der Waals surface area contributed by atoms with Crippen molar-refractivity contribution in [2.24, 2.45) is 5.92 Å². The number of aliphatic hydroxyl groups is 1. The zero-order chi connectivity index (χ0) is 27.2. The second-order valence-corrected chi connectivity index (χ2v) is 10.7. The quantitative estimate of drug-likeness (QED) is 0.525. The molecule has 1 aliphatic heterocycles. The monoisotopic (exact) mass is 522 g/mol. The second kappa shape index (κ2) is 10.1. The molecule has 2 fully saturated rings. The number of carbonyl (C=O) groups excluding carboxylic acids is 1. The minimum atomic E-state index is -1.10. The largest absolute Gasteiger partial charge is 0.382 e. The summed E-state index contributed by atoms with van der Waals surface area (Å²) in [6, 6.07) is 4.12. The fourth-order valence-corrected chi connectivity index (χ4v) is 5.08. The molecule has 200 valence electrons. The molecule has 1 saturated heterocycles. The number of aryl methyl sites for hydroxylation is 1. The molecule has 5 rings (SSSR count). The van der Waals surface area contributed by atoms with Gasteiger partial charge in [0.1, 0.15) is 17.2 Å². The van der Waals surface area contributed by atoms with Crippen molar-refractivity contribution in [2.45, 2.75) is 64.8 Å². The third kappa shape index (κ3) is 5.15. The fraction of sp³-hybridized carbons (Fsp3) is 0.464. The molecule has 3 atom stereocenters. The van der Waals surface area contributed by atoms with Crippen LogP contribution in [0.25, 0.3) is 11.4 Å². The number of hydrogen-bond acceptors (Lipinski definition) is 7. The van der Waals surface area contributed by atoms with Gasteiger partial charge in [-0.25, -0.2) is 18.7 Å². The van der Waals surface area contributed by atoms with E-state index in [-0.39, 0.29) is 36.1 Å². The molecular formula is C28H32F2N6O2. The number of carbonyl (C=O) groups is 1. The van der Waals surface area contributed by atoms with Gasteiger partial charge in [-0.3, -0.25) is 19.7 Å². The number of rotatable bonds is 6. The summed E-state index contributed by atoms with van der Waals surface area (Å²) < 4.78 is 27.4. The summed E-state index contributed by atoms with van der Waals surface area (Å²) in [6.07, 6.45) is 6.18. The molecule has 1 N–H and O–H groups in total. The lowest BCUT2D eigenvalue weighted by molar-refractivity contribution is 0.0239. The van der Waals surface area contributed by atoms with Crippen LogP contribution in [0.5, 0.6) is 0 Å². The summed E-state index contributed by atoms with van der Waals surface area (Å²) in [4.78, 5) is 34.9. The van der Waals surface area contributed by atoms with E-state index in [1.165, 1.54) is 0 Å². The van der Waals surface area contributed by atoms with Crippen molar-refractivity contribution in [3.63, 3.8) is 0 Å². The van der Waals surface area contributed by atoms with Crippen molar-refractivity contribution in [3.05, 3.63) is 71.1 Å². The van der Waals surface area contributed by atoms with E-state index in [4.69, 9.17) is 0 Å². The standard InChI is InChI=1S/C28H32F2N6O2/c1-16-11-32-24(23-7-8-31-27(34-23)28(4,38)19-5-6-19)10-21(16)26(37)36-14-17(2)35(13-18(36)3)15-25-22(30)9-20(29)12-33-25/h7-12,17-19,38H,5-6,13-15H2,1-4H3/t17-,18+,28-/m0/s1. The Hall–Kier alpha value is -3.37. The third-order valence-electron chi connectivity index (χ3n) is 7.69. The summed E-state index contributed by atoms with van der Waals surface area (Å²) in [5.74, 6) is -0.983. The molecule has 3 aromatic rings. The van der Waals surface area contributed by atoms with Crippen molar-refractivity contribution in [1.82, 2.24) is 29.7 Å². The summed E-state index contributed by atoms with van der Waals surface area (Å²) >= 11 is 0. The topological polar surface area (TPSA) is 95.3 Å². The minimum Gasteiger partial charge on any atom is -0.382 e. The maximum Gasteiger partial charge on any atom is 0.254 e. The van der Waals surface area contributed by atoms with E-state index in [0.717, 1.165) is 30.7 Å². The minimum absolute atomic E-state index is 0.0582. The van der Waals surface area contributed by atoms with E-state index >= 15 is 0 Å². The van der Waals surface area contributed by atoms with Crippen LogP contribution in [0.2, 0.25) is 0 Å². The molecule has 4 heterocycles. The van der Waals surface area contributed by atoms with Crippen LogP contribution in [-0.4, -0.2) is 65.9 Å². The molecule has 10 heteroatoms. The molecule has 38 heavy (non-hydrogen) atoms.